The van der Waals surface area contributed by atoms with Crippen molar-refractivity contribution < 1.29 is 9.90 Å². The zero-order valence-corrected chi connectivity index (χ0v) is 10.5. The summed E-state index contributed by atoms with van der Waals surface area (Å²) >= 11 is 0. The van der Waals surface area contributed by atoms with E-state index in [1.807, 2.05) is 30.5 Å². The summed E-state index contributed by atoms with van der Waals surface area (Å²) in [6.07, 6.45) is 2.03. The maximum Gasteiger partial charge on any atom is 0.240 e. The van der Waals surface area contributed by atoms with Gasteiger partial charge in [0.1, 0.15) is 0 Å². The van der Waals surface area contributed by atoms with E-state index >= 15 is 0 Å². The molecule has 1 atom stereocenters. The second kappa shape index (κ2) is 4.68. The van der Waals surface area contributed by atoms with Gasteiger partial charge in [0.05, 0.1) is 12.1 Å². The molecular formula is C14H17N3O2. The van der Waals surface area contributed by atoms with Crippen LogP contribution in [0, 0.1) is 0 Å². The molecule has 19 heavy (non-hydrogen) atoms. The molecule has 1 aliphatic rings. The second-order valence-electron chi connectivity index (χ2n) is 5.07. The number of aliphatic hydroxyl groups excluding tert-OH is 1. The summed E-state index contributed by atoms with van der Waals surface area (Å²) in [4.78, 5) is 16.8. The molecule has 0 saturated carbocycles. The van der Waals surface area contributed by atoms with Gasteiger partial charge in [-0.1, -0.05) is 18.2 Å². The van der Waals surface area contributed by atoms with Crippen LogP contribution in [0.1, 0.15) is 5.56 Å². The predicted molar refractivity (Wildman–Crippen MR) is 72.6 cm³/mol. The quantitative estimate of drug-likeness (QED) is 0.738. The fraction of sp³-hybridized carbons (Fsp3) is 0.357. The summed E-state index contributed by atoms with van der Waals surface area (Å²) in [5.74, 6) is -0.0874. The van der Waals surface area contributed by atoms with E-state index in [-0.39, 0.29) is 12.0 Å². The van der Waals surface area contributed by atoms with Crippen molar-refractivity contribution in [2.24, 2.45) is 5.73 Å². The molecule has 5 heteroatoms. The van der Waals surface area contributed by atoms with Crippen LogP contribution in [0.15, 0.2) is 30.5 Å². The van der Waals surface area contributed by atoms with Gasteiger partial charge in [-0.3, -0.25) is 4.79 Å². The Morgan fingerprint density at radius 3 is 2.95 bits per heavy atom. The minimum atomic E-state index is -0.549. The fourth-order valence-electron chi connectivity index (χ4n) is 2.49. The number of aliphatic hydroxyl groups is 1. The number of fused-ring (bicyclic) bond motifs is 1. The normalized spacial score (nSPS) is 17.5. The number of hydrogen-bond acceptors (Lipinski definition) is 3. The molecule has 0 radical (unpaired) electrons. The van der Waals surface area contributed by atoms with Crippen LogP contribution in [0.2, 0.25) is 0 Å². The van der Waals surface area contributed by atoms with Crippen molar-refractivity contribution in [3.63, 3.8) is 0 Å². The number of carbonyl (C=O) groups excluding carboxylic acids is 1. The maximum absolute atomic E-state index is 12.0. The van der Waals surface area contributed by atoms with Gasteiger partial charge in [0.25, 0.3) is 0 Å². The summed E-state index contributed by atoms with van der Waals surface area (Å²) in [6, 6.07) is 7.41. The summed E-state index contributed by atoms with van der Waals surface area (Å²) in [5.41, 5.74) is 8.07. The molecule has 2 heterocycles. The molecule has 2 aromatic rings. The van der Waals surface area contributed by atoms with E-state index in [9.17, 15) is 9.90 Å². The number of nitrogens with zero attached hydrogens (tertiary/aromatic N) is 1. The molecule has 1 aromatic carbocycles. The molecule has 0 bridgehead atoms. The van der Waals surface area contributed by atoms with Gasteiger partial charge in [0.15, 0.2) is 0 Å². The molecule has 1 aliphatic heterocycles. The molecule has 0 aliphatic carbocycles. The fourth-order valence-corrected chi connectivity index (χ4v) is 2.49. The third-order valence-electron chi connectivity index (χ3n) is 3.61. The number of β-amino-alcohol motifs (C(OH)–C–C–N with tert-alkyl or cyclic N) is 1. The van der Waals surface area contributed by atoms with Crippen LogP contribution in [-0.4, -0.2) is 46.1 Å². The predicted octanol–water partition coefficient (Wildman–Crippen LogP) is 0.241. The van der Waals surface area contributed by atoms with Crippen LogP contribution < -0.4 is 5.73 Å². The van der Waals surface area contributed by atoms with Crippen molar-refractivity contribution >= 4 is 16.8 Å². The average Bonchev–Trinajstić information content (AvgIpc) is 2.78. The smallest absolute Gasteiger partial charge is 0.240 e. The standard InChI is InChI=1S/C14H17N3O2/c15-12(14(19)17-7-10(18)8-17)5-9-6-16-13-4-2-1-3-11(9)13/h1-4,6,10,12,16,18H,5,7-8,15H2/t12-/m1/s1. The molecular weight excluding hydrogens is 242 g/mol. The molecule has 1 amide bonds. The van der Waals surface area contributed by atoms with Gasteiger partial charge >= 0.3 is 0 Å². The van der Waals surface area contributed by atoms with E-state index in [0.29, 0.717) is 19.5 Å². The molecule has 1 saturated heterocycles. The Balaban J connectivity index is 1.72. The van der Waals surface area contributed by atoms with Gasteiger partial charge in [0.2, 0.25) is 5.91 Å². The minimum absolute atomic E-state index is 0.0874. The number of hydrogen-bond donors (Lipinski definition) is 3. The van der Waals surface area contributed by atoms with Crippen molar-refractivity contribution in [2.45, 2.75) is 18.6 Å². The van der Waals surface area contributed by atoms with Crippen LogP contribution in [-0.2, 0) is 11.2 Å². The first-order chi connectivity index (χ1) is 9.15. The first kappa shape index (κ1) is 12.2. The topological polar surface area (TPSA) is 82.4 Å². The number of aromatic amines is 1. The Bertz CT molecular complexity index is 602. The SMILES string of the molecule is N[C@H](Cc1c[nH]c2ccccc12)C(=O)N1CC(O)C1. The Labute approximate surface area is 111 Å². The van der Waals surface area contributed by atoms with Gasteiger partial charge in [-0.15, -0.1) is 0 Å². The largest absolute Gasteiger partial charge is 0.389 e. The highest BCUT2D eigenvalue weighted by atomic mass is 16.3. The van der Waals surface area contributed by atoms with E-state index < -0.39 is 6.04 Å². The highest BCUT2D eigenvalue weighted by Gasteiger charge is 2.31. The monoisotopic (exact) mass is 259 g/mol. The molecule has 0 unspecified atom stereocenters. The van der Waals surface area contributed by atoms with Crippen molar-refractivity contribution in [1.82, 2.24) is 9.88 Å². The average molecular weight is 259 g/mol. The van der Waals surface area contributed by atoms with Gasteiger partial charge in [-0.05, 0) is 18.1 Å². The third-order valence-corrected chi connectivity index (χ3v) is 3.61. The number of nitrogens with one attached hydrogen (secondary N) is 1. The lowest BCUT2D eigenvalue weighted by Gasteiger charge is -2.37. The second-order valence-corrected chi connectivity index (χ2v) is 5.07. The zero-order valence-electron chi connectivity index (χ0n) is 10.5. The van der Waals surface area contributed by atoms with Crippen LogP contribution in [0.25, 0.3) is 10.9 Å². The molecule has 1 fully saturated rings. The highest BCUT2D eigenvalue weighted by Crippen LogP contribution is 2.19. The number of amides is 1. The number of likely N-dealkylation sites (tertiary alicyclic amines) is 1. The number of para-hydroxylation sites is 1. The lowest BCUT2D eigenvalue weighted by molar-refractivity contribution is -0.142. The van der Waals surface area contributed by atoms with Crippen molar-refractivity contribution in [1.29, 1.82) is 0 Å². The number of benzene rings is 1. The summed E-state index contributed by atoms with van der Waals surface area (Å²) < 4.78 is 0. The van der Waals surface area contributed by atoms with E-state index in [4.69, 9.17) is 5.73 Å². The lowest BCUT2D eigenvalue weighted by atomic mass is 10.0. The zero-order chi connectivity index (χ0) is 13.4. The van der Waals surface area contributed by atoms with Crippen molar-refractivity contribution in [2.75, 3.05) is 13.1 Å². The van der Waals surface area contributed by atoms with E-state index in [1.54, 1.807) is 4.90 Å². The number of carbonyl (C=O) groups is 1. The Kier molecular flexibility index (Phi) is 3.00. The highest BCUT2D eigenvalue weighted by molar-refractivity contribution is 5.86. The van der Waals surface area contributed by atoms with Gasteiger partial charge in [-0.2, -0.15) is 0 Å². The first-order valence-electron chi connectivity index (χ1n) is 6.42. The number of rotatable bonds is 3. The van der Waals surface area contributed by atoms with Crippen LogP contribution in [0.5, 0.6) is 0 Å². The molecule has 4 N–H and O–H groups in total. The van der Waals surface area contributed by atoms with E-state index in [0.717, 1.165) is 16.5 Å². The molecule has 5 nitrogen and oxygen atoms in total. The van der Waals surface area contributed by atoms with Gasteiger partial charge < -0.3 is 20.7 Å². The van der Waals surface area contributed by atoms with Crippen molar-refractivity contribution in [3.05, 3.63) is 36.0 Å². The molecule has 100 valence electrons. The van der Waals surface area contributed by atoms with E-state index in [1.165, 1.54) is 0 Å². The number of nitrogens with two attached hydrogens (primary N) is 1. The first-order valence-corrected chi connectivity index (χ1v) is 6.42. The summed E-state index contributed by atoms with van der Waals surface area (Å²) in [6.45, 7) is 0.806. The van der Waals surface area contributed by atoms with E-state index in [2.05, 4.69) is 4.98 Å². The lowest BCUT2D eigenvalue weighted by Crippen LogP contribution is -2.58. The molecule has 1 aromatic heterocycles. The Morgan fingerprint density at radius 1 is 1.47 bits per heavy atom. The number of aromatic nitrogens is 1. The summed E-state index contributed by atoms with van der Waals surface area (Å²) in [7, 11) is 0. The third kappa shape index (κ3) is 2.22. The van der Waals surface area contributed by atoms with Gasteiger partial charge in [0, 0.05) is 30.2 Å². The van der Waals surface area contributed by atoms with Crippen LogP contribution >= 0.6 is 0 Å². The van der Waals surface area contributed by atoms with Crippen molar-refractivity contribution in [3.8, 4) is 0 Å². The van der Waals surface area contributed by atoms with Crippen LogP contribution in [0.4, 0.5) is 0 Å². The van der Waals surface area contributed by atoms with Crippen LogP contribution in [0.3, 0.4) is 0 Å². The number of H-pyrrole nitrogens is 1. The Morgan fingerprint density at radius 2 is 2.21 bits per heavy atom. The summed E-state index contributed by atoms with van der Waals surface area (Å²) in [5, 5.41) is 10.3. The van der Waals surface area contributed by atoms with Gasteiger partial charge in [-0.25, -0.2) is 0 Å². The maximum atomic E-state index is 12.0. The molecule has 0 spiro atoms. The Hall–Kier alpha value is -1.85. The molecule has 3 rings (SSSR count). The minimum Gasteiger partial charge on any atom is -0.389 e.